The predicted octanol–water partition coefficient (Wildman–Crippen LogP) is 2.80. The molecule has 10 heteroatoms. The van der Waals surface area contributed by atoms with Crippen molar-refractivity contribution in [3.8, 4) is 0 Å². The average molecular weight is 378 g/mol. The topological polar surface area (TPSA) is 79.2 Å². The summed E-state index contributed by atoms with van der Waals surface area (Å²) in [5.74, 6) is -0.320. The Balaban J connectivity index is 1.65. The molecule has 3 aromatic rings. The van der Waals surface area contributed by atoms with Crippen molar-refractivity contribution in [3.05, 3.63) is 47.2 Å². The number of rotatable bonds is 2. The zero-order chi connectivity index (χ0) is 19.2. The van der Waals surface area contributed by atoms with Gasteiger partial charge in [-0.2, -0.15) is 23.4 Å². The van der Waals surface area contributed by atoms with E-state index in [1.807, 2.05) is 0 Å². The molecule has 4 heterocycles. The summed E-state index contributed by atoms with van der Waals surface area (Å²) in [6, 6.07) is 4.16. The number of carbonyl (C=O) groups is 1. The van der Waals surface area contributed by atoms with Crippen LogP contribution in [0.25, 0.3) is 5.65 Å². The number of carbonyl (C=O) groups excluding carboxylic acids is 1. The molecular formula is C17H17F3N6O. The number of H-pyrrole nitrogens is 1. The second-order valence-electron chi connectivity index (χ2n) is 6.68. The highest BCUT2D eigenvalue weighted by Crippen LogP contribution is 2.32. The van der Waals surface area contributed by atoms with Gasteiger partial charge in [-0.25, -0.2) is 9.50 Å². The van der Waals surface area contributed by atoms with E-state index < -0.39 is 11.9 Å². The molecule has 0 saturated carbocycles. The van der Waals surface area contributed by atoms with E-state index in [2.05, 4.69) is 20.3 Å². The number of hydrogen-bond acceptors (Lipinski definition) is 4. The molecule has 3 aromatic heterocycles. The van der Waals surface area contributed by atoms with Crippen molar-refractivity contribution >= 4 is 11.6 Å². The number of piperidine rings is 1. The largest absolute Gasteiger partial charge is 0.433 e. The molecule has 142 valence electrons. The van der Waals surface area contributed by atoms with Crippen LogP contribution in [0.2, 0.25) is 0 Å². The van der Waals surface area contributed by atoms with Crippen LogP contribution in [0.3, 0.4) is 0 Å². The number of aromatic amines is 1. The average Bonchev–Trinajstić information content (AvgIpc) is 3.29. The summed E-state index contributed by atoms with van der Waals surface area (Å²) >= 11 is 0. The van der Waals surface area contributed by atoms with Gasteiger partial charge in [0.1, 0.15) is 11.4 Å². The number of alkyl halides is 3. The van der Waals surface area contributed by atoms with Crippen LogP contribution < -0.4 is 0 Å². The molecule has 1 saturated heterocycles. The molecule has 1 atom stereocenters. The molecule has 1 aliphatic rings. The summed E-state index contributed by atoms with van der Waals surface area (Å²) in [6.07, 6.45) is -1.53. The minimum atomic E-state index is -4.52. The maximum Gasteiger partial charge on any atom is 0.433 e. The second kappa shape index (κ2) is 6.36. The van der Waals surface area contributed by atoms with Crippen molar-refractivity contribution in [2.24, 2.45) is 0 Å². The van der Waals surface area contributed by atoms with Gasteiger partial charge in [0.2, 0.25) is 0 Å². The summed E-state index contributed by atoms with van der Waals surface area (Å²) in [5.41, 5.74) is 0.496. The third-order valence-corrected chi connectivity index (χ3v) is 4.72. The lowest BCUT2D eigenvalue weighted by Gasteiger charge is -2.31. The Labute approximate surface area is 152 Å². The number of fused-ring (bicyclic) bond motifs is 1. The number of amides is 1. The smallest absolute Gasteiger partial charge is 0.337 e. The van der Waals surface area contributed by atoms with E-state index in [0.717, 1.165) is 23.4 Å². The first-order valence-electron chi connectivity index (χ1n) is 8.56. The SMILES string of the molecule is Cc1cc(C(F)(F)F)n2nc(C3CCCN(C(=O)c4ccn[nH]4)C3)cc2n1. The molecule has 4 rings (SSSR count). The first-order chi connectivity index (χ1) is 12.8. The van der Waals surface area contributed by atoms with Crippen LogP contribution in [0.4, 0.5) is 13.2 Å². The fourth-order valence-electron chi connectivity index (χ4n) is 3.47. The van der Waals surface area contributed by atoms with Crippen molar-refractivity contribution in [2.45, 2.75) is 31.9 Å². The van der Waals surface area contributed by atoms with E-state index in [1.54, 1.807) is 17.0 Å². The first-order valence-corrected chi connectivity index (χ1v) is 8.56. The highest BCUT2D eigenvalue weighted by atomic mass is 19.4. The summed E-state index contributed by atoms with van der Waals surface area (Å²) in [4.78, 5) is 18.4. The fourth-order valence-corrected chi connectivity index (χ4v) is 3.47. The van der Waals surface area contributed by atoms with Gasteiger partial charge in [-0.3, -0.25) is 9.89 Å². The Morgan fingerprint density at radius 2 is 2.15 bits per heavy atom. The molecule has 1 unspecified atom stereocenters. The Kier molecular flexibility index (Phi) is 4.12. The molecule has 1 aliphatic heterocycles. The normalized spacial score (nSPS) is 18.2. The van der Waals surface area contributed by atoms with Gasteiger partial charge in [0, 0.05) is 37.0 Å². The maximum atomic E-state index is 13.3. The lowest BCUT2D eigenvalue weighted by Crippen LogP contribution is -2.39. The molecule has 0 bridgehead atoms. The Morgan fingerprint density at radius 3 is 2.85 bits per heavy atom. The van der Waals surface area contributed by atoms with E-state index in [4.69, 9.17) is 0 Å². The lowest BCUT2D eigenvalue weighted by atomic mass is 9.94. The van der Waals surface area contributed by atoms with Crippen LogP contribution in [0, 0.1) is 6.92 Å². The van der Waals surface area contributed by atoms with Gasteiger partial charge in [0.15, 0.2) is 5.65 Å². The summed E-state index contributed by atoms with van der Waals surface area (Å²) in [7, 11) is 0. The quantitative estimate of drug-likeness (QED) is 0.744. The van der Waals surface area contributed by atoms with Crippen LogP contribution in [0.1, 0.15) is 46.3 Å². The molecule has 0 spiro atoms. The van der Waals surface area contributed by atoms with Crippen LogP contribution in [-0.4, -0.2) is 48.7 Å². The van der Waals surface area contributed by atoms with Gasteiger partial charge in [-0.15, -0.1) is 0 Å². The summed E-state index contributed by atoms with van der Waals surface area (Å²) in [5, 5.41) is 10.6. The fraction of sp³-hybridized carbons (Fsp3) is 0.412. The lowest BCUT2D eigenvalue weighted by molar-refractivity contribution is -0.142. The van der Waals surface area contributed by atoms with Gasteiger partial charge in [-0.05, 0) is 31.9 Å². The number of hydrogen-bond donors (Lipinski definition) is 1. The Bertz CT molecular complexity index is 979. The number of nitrogens with zero attached hydrogens (tertiary/aromatic N) is 5. The Morgan fingerprint density at radius 1 is 1.33 bits per heavy atom. The van der Waals surface area contributed by atoms with Gasteiger partial charge < -0.3 is 4.90 Å². The highest BCUT2D eigenvalue weighted by molar-refractivity contribution is 5.92. The first kappa shape index (κ1) is 17.5. The van der Waals surface area contributed by atoms with E-state index in [-0.39, 0.29) is 23.2 Å². The predicted molar refractivity (Wildman–Crippen MR) is 89.2 cm³/mol. The third kappa shape index (κ3) is 3.26. The monoisotopic (exact) mass is 378 g/mol. The van der Waals surface area contributed by atoms with E-state index >= 15 is 0 Å². The number of aromatic nitrogens is 5. The zero-order valence-corrected chi connectivity index (χ0v) is 14.5. The molecule has 1 N–H and O–H groups in total. The number of likely N-dealkylation sites (tertiary alicyclic amines) is 1. The van der Waals surface area contributed by atoms with Gasteiger partial charge in [-0.1, -0.05) is 0 Å². The summed E-state index contributed by atoms with van der Waals surface area (Å²) < 4.78 is 40.8. The van der Waals surface area contributed by atoms with E-state index in [1.165, 1.54) is 13.1 Å². The van der Waals surface area contributed by atoms with Crippen molar-refractivity contribution in [1.82, 2.24) is 29.7 Å². The van der Waals surface area contributed by atoms with Gasteiger partial charge in [0.05, 0.1) is 5.69 Å². The molecule has 7 nitrogen and oxygen atoms in total. The molecule has 1 fully saturated rings. The van der Waals surface area contributed by atoms with Gasteiger partial charge >= 0.3 is 6.18 Å². The van der Waals surface area contributed by atoms with Crippen molar-refractivity contribution in [3.63, 3.8) is 0 Å². The van der Waals surface area contributed by atoms with Crippen molar-refractivity contribution in [2.75, 3.05) is 13.1 Å². The number of nitrogens with one attached hydrogen (secondary N) is 1. The molecule has 0 aromatic carbocycles. The minimum absolute atomic E-state index is 0.145. The number of aryl methyl sites for hydroxylation is 1. The van der Waals surface area contributed by atoms with Crippen LogP contribution in [0.5, 0.6) is 0 Å². The van der Waals surface area contributed by atoms with Crippen LogP contribution in [0.15, 0.2) is 24.4 Å². The summed E-state index contributed by atoms with van der Waals surface area (Å²) in [6.45, 7) is 2.50. The molecule has 27 heavy (non-hydrogen) atoms. The molecule has 1 amide bonds. The second-order valence-corrected chi connectivity index (χ2v) is 6.68. The Hall–Kier alpha value is -2.91. The minimum Gasteiger partial charge on any atom is -0.337 e. The van der Waals surface area contributed by atoms with E-state index in [9.17, 15) is 18.0 Å². The third-order valence-electron chi connectivity index (χ3n) is 4.72. The zero-order valence-electron chi connectivity index (χ0n) is 14.5. The van der Waals surface area contributed by atoms with Gasteiger partial charge in [0.25, 0.3) is 5.91 Å². The van der Waals surface area contributed by atoms with Crippen molar-refractivity contribution < 1.29 is 18.0 Å². The van der Waals surface area contributed by atoms with Crippen LogP contribution in [-0.2, 0) is 6.18 Å². The molecular weight excluding hydrogens is 361 g/mol. The maximum absolute atomic E-state index is 13.3. The number of halogens is 3. The molecule has 0 radical (unpaired) electrons. The highest BCUT2D eigenvalue weighted by Gasteiger charge is 2.35. The molecule has 0 aliphatic carbocycles. The van der Waals surface area contributed by atoms with Crippen LogP contribution >= 0.6 is 0 Å². The standard InChI is InChI=1S/C17H17F3N6O/c1-10-7-14(17(18,19)20)26-15(22-10)8-13(24-26)11-3-2-6-25(9-11)16(27)12-4-5-21-23-12/h4-5,7-8,11H,2-3,6,9H2,1H3,(H,21,23). The van der Waals surface area contributed by atoms with Crippen molar-refractivity contribution in [1.29, 1.82) is 0 Å². The van der Waals surface area contributed by atoms with E-state index in [0.29, 0.717) is 24.5 Å².